The molecule has 0 atom stereocenters. The predicted octanol–water partition coefficient (Wildman–Crippen LogP) is 0.955. The molecule has 0 aliphatic heterocycles. The number of quaternary nitrogens is 2. The van der Waals surface area contributed by atoms with Crippen molar-refractivity contribution in [3.63, 3.8) is 0 Å². The maximum atomic E-state index is 11.6. The van der Waals surface area contributed by atoms with Crippen molar-refractivity contribution in [2.24, 2.45) is 10.8 Å². The van der Waals surface area contributed by atoms with Gasteiger partial charge in [0.15, 0.2) is 0 Å². The van der Waals surface area contributed by atoms with Crippen LogP contribution in [0.4, 0.5) is 0 Å². The van der Waals surface area contributed by atoms with Crippen LogP contribution in [0.1, 0.15) is 112 Å². The lowest BCUT2D eigenvalue weighted by Gasteiger charge is -2.50. The van der Waals surface area contributed by atoms with Crippen molar-refractivity contribution in [1.82, 2.24) is 5.32 Å². The van der Waals surface area contributed by atoms with Crippen molar-refractivity contribution in [2.45, 2.75) is 118 Å². The second kappa shape index (κ2) is 17.7. The zero-order valence-corrected chi connectivity index (χ0v) is 29.3. The molecule has 0 aromatic rings. The van der Waals surface area contributed by atoms with E-state index in [2.05, 4.69) is 67.8 Å². The van der Waals surface area contributed by atoms with Crippen molar-refractivity contribution in [2.75, 3.05) is 54.4 Å². The Bertz CT molecular complexity index is 643. The Balaban J connectivity index is 0. The lowest BCUT2D eigenvalue weighted by molar-refractivity contribution is -0.918. The minimum atomic E-state index is -0.0182. The molecule has 1 aliphatic rings. The lowest BCUT2D eigenvalue weighted by atomic mass is 9.63. The van der Waals surface area contributed by atoms with Crippen LogP contribution in [-0.4, -0.2) is 75.3 Å². The van der Waals surface area contributed by atoms with E-state index in [-0.39, 0.29) is 39.9 Å². The Morgan fingerprint density at radius 3 is 1.62 bits per heavy atom. The van der Waals surface area contributed by atoms with Gasteiger partial charge in [-0.15, -0.1) is 0 Å². The number of hydrogen-bond acceptors (Lipinski definition) is 1. The Morgan fingerprint density at radius 1 is 0.757 bits per heavy atom. The third-order valence-electron chi connectivity index (χ3n) is 8.38. The van der Waals surface area contributed by atoms with Crippen LogP contribution in [0.25, 0.3) is 0 Å². The molecule has 6 heteroatoms. The van der Waals surface area contributed by atoms with Gasteiger partial charge in [-0.05, 0) is 49.9 Å². The van der Waals surface area contributed by atoms with E-state index in [0.717, 1.165) is 30.0 Å². The quantitative estimate of drug-likeness (QED) is 0.142. The summed E-state index contributed by atoms with van der Waals surface area (Å²) in [7, 11) is 9.60. The Morgan fingerprint density at radius 2 is 1.16 bits per heavy atom. The average molecular weight is 654 g/mol. The molecule has 1 aliphatic carbocycles. The molecule has 0 bridgehead atoms. The number of carbonyl (C=O) groups is 1. The summed E-state index contributed by atoms with van der Waals surface area (Å²) < 4.78 is 2.26. The summed E-state index contributed by atoms with van der Waals surface area (Å²) in [6, 6.07) is 0.812. The summed E-state index contributed by atoms with van der Waals surface area (Å²) in [5, 5.41) is 2.94. The molecule has 4 nitrogen and oxygen atoms in total. The number of rotatable bonds is 17. The number of hydrogen-bond donors (Lipinski definition) is 1. The molecule has 1 N–H and O–H groups in total. The average Bonchev–Trinajstić information content (AvgIpc) is 2.70. The van der Waals surface area contributed by atoms with Crippen molar-refractivity contribution in [3.8, 4) is 0 Å². The fourth-order valence-corrected chi connectivity index (χ4v) is 6.56. The predicted molar refractivity (Wildman–Crippen MR) is 153 cm³/mol. The van der Waals surface area contributed by atoms with Crippen LogP contribution < -0.4 is 39.3 Å². The number of carbonyl (C=O) groups excluding carboxylic acids is 1. The fourth-order valence-electron chi connectivity index (χ4n) is 6.56. The summed E-state index contributed by atoms with van der Waals surface area (Å²) >= 11 is 0. The van der Waals surface area contributed by atoms with E-state index in [0.29, 0.717) is 16.4 Å². The third-order valence-corrected chi connectivity index (χ3v) is 8.38. The summed E-state index contributed by atoms with van der Waals surface area (Å²) in [6.07, 6.45) is 16.2. The van der Waals surface area contributed by atoms with Gasteiger partial charge in [-0.3, -0.25) is 4.79 Å². The number of nitrogens with zero attached hydrogens (tertiary/aromatic N) is 2. The Hall–Kier alpha value is 0.0900. The standard InChI is InChI=1S/C31H62N3O.2BrH/c1-27(2)29(35)32-20-19-22-33(7,8)21-17-15-13-11-12-14-16-18-23-34(9,10)28-24-30(3,4)26-31(5,6)25-28;;/h28H,1,11-26H2,2-10H3;2*1H/q+1;;/p-1. The highest BCUT2D eigenvalue weighted by Crippen LogP contribution is 2.48. The molecule has 1 saturated carbocycles. The first kappa shape index (κ1) is 39.2. The number of unbranched alkanes of at least 4 members (excludes halogenated alkanes) is 7. The van der Waals surface area contributed by atoms with Gasteiger partial charge >= 0.3 is 0 Å². The Kier molecular flexibility index (Phi) is 18.8. The van der Waals surface area contributed by atoms with Gasteiger partial charge in [-0.1, -0.05) is 60.0 Å². The largest absolute Gasteiger partial charge is 1.00 e. The smallest absolute Gasteiger partial charge is 0.246 e. The zero-order valence-electron chi connectivity index (χ0n) is 26.2. The van der Waals surface area contributed by atoms with Gasteiger partial charge in [-0.2, -0.15) is 0 Å². The van der Waals surface area contributed by atoms with Crippen LogP contribution in [-0.2, 0) is 4.79 Å². The zero-order chi connectivity index (χ0) is 26.8. The molecular formula is C31H63Br2N3O. The van der Waals surface area contributed by atoms with E-state index in [1.54, 1.807) is 6.92 Å². The summed E-state index contributed by atoms with van der Waals surface area (Å²) in [4.78, 5) is 11.6. The summed E-state index contributed by atoms with van der Waals surface area (Å²) in [5.41, 5.74) is 1.56. The molecule has 222 valence electrons. The van der Waals surface area contributed by atoms with Crippen molar-refractivity contribution < 1.29 is 47.7 Å². The minimum Gasteiger partial charge on any atom is -1.00 e. The summed E-state index contributed by atoms with van der Waals surface area (Å²) in [6.45, 7) is 19.8. The second-order valence-corrected chi connectivity index (χ2v) is 14.7. The van der Waals surface area contributed by atoms with Crippen LogP contribution in [0.3, 0.4) is 0 Å². The van der Waals surface area contributed by atoms with Gasteiger partial charge in [0.1, 0.15) is 0 Å². The van der Waals surface area contributed by atoms with Gasteiger partial charge in [0.25, 0.3) is 0 Å². The normalized spacial score (nSPS) is 17.4. The van der Waals surface area contributed by atoms with Crippen LogP contribution in [0.2, 0.25) is 0 Å². The first-order chi connectivity index (χ1) is 16.1. The number of amides is 1. The van der Waals surface area contributed by atoms with Gasteiger partial charge in [0, 0.05) is 31.4 Å². The van der Waals surface area contributed by atoms with Crippen LogP contribution in [0.15, 0.2) is 12.2 Å². The molecule has 1 fully saturated rings. The van der Waals surface area contributed by atoms with Gasteiger partial charge in [-0.25, -0.2) is 0 Å². The van der Waals surface area contributed by atoms with Crippen LogP contribution >= 0.6 is 0 Å². The first-order valence-corrected chi connectivity index (χ1v) is 14.6. The van der Waals surface area contributed by atoms with E-state index >= 15 is 0 Å². The van der Waals surface area contributed by atoms with Crippen molar-refractivity contribution in [1.29, 1.82) is 0 Å². The molecule has 0 saturated heterocycles. The summed E-state index contributed by atoms with van der Waals surface area (Å²) in [5.74, 6) is -0.0182. The lowest BCUT2D eigenvalue weighted by Crippen LogP contribution is -3.00. The molecule has 37 heavy (non-hydrogen) atoms. The molecule has 0 spiro atoms. The fraction of sp³-hybridized carbons (Fsp3) is 0.903. The molecule has 1 amide bonds. The number of halogens is 2. The maximum absolute atomic E-state index is 11.6. The molecular weight excluding hydrogens is 590 g/mol. The Labute approximate surface area is 253 Å². The molecule has 0 heterocycles. The second-order valence-electron chi connectivity index (χ2n) is 14.7. The monoisotopic (exact) mass is 651 g/mol. The molecule has 0 aromatic heterocycles. The van der Waals surface area contributed by atoms with Gasteiger partial charge < -0.3 is 48.2 Å². The molecule has 0 radical (unpaired) electrons. The van der Waals surface area contributed by atoms with E-state index in [1.165, 1.54) is 88.2 Å². The van der Waals surface area contributed by atoms with E-state index < -0.39 is 0 Å². The SMILES string of the molecule is C=C(C)C(=O)NCCC[N+](C)(C)CCCCCCCCCC[N+](C)(C)C1CC(C)(C)CC(C)(C)C1.[Br-].[Br-]. The minimum absolute atomic E-state index is 0. The topological polar surface area (TPSA) is 29.1 Å². The molecule has 1 rings (SSSR count). The van der Waals surface area contributed by atoms with Gasteiger partial charge in [0.2, 0.25) is 5.91 Å². The molecule has 0 unspecified atom stereocenters. The van der Waals surface area contributed by atoms with E-state index in [9.17, 15) is 4.79 Å². The van der Waals surface area contributed by atoms with E-state index in [4.69, 9.17) is 0 Å². The van der Waals surface area contributed by atoms with Crippen LogP contribution in [0, 0.1) is 10.8 Å². The van der Waals surface area contributed by atoms with Crippen molar-refractivity contribution >= 4 is 5.91 Å². The highest BCUT2D eigenvalue weighted by atomic mass is 79.9. The van der Waals surface area contributed by atoms with E-state index in [1.807, 2.05) is 0 Å². The maximum Gasteiger partial charge on any atom is 0.246 e. The number of nitrogens with one attached hydrogen (secondary N) is 1. The van der Waals surface area contributed by atoms with Crippen LogP contribution in [0.5, 0.6) is 0 Å². The highest BCUT2D eigenvalue weighted by molar-refractivity contribution is 5.91. The third kappa shape index (κ3) is 17.4. The molecule has 0 aromatic carbocycles. The van der Waals surface area contributed by atoms with Gasteiger partial charge in [0.05, 0.1) is 53.9 Å². The highest BCUT2D eigenvalue weighted by Gasteiger charge is 2.44. The first-order valence-electron chi connectivity index (χ1n) is 14.6. The van der Waals surface area contributed by atoms with Crippen molar-refractivity contribution in [3.05, 3.63) is 12.2 Å².